The summed E-state index contributed by atoms with van der Waals surface area (Å²) < 4.78 is 11.1. The number of carbonyl (C=O) groups is 1. The Balaban J connectivity index is 3.69. The van der Waals surface area contributed by atoms with Crippen LogP contribution in [0.2, 0.25) is 0 Å². The van der Waals surface area contributed by atoms with Crippen molar-refractivity contribution in [3.8, 4) is 0 Å². The predicted octanol–water partition coefficient (Wildman–Crippen LogP) is 1.18. The predicted molar refractivity (Wildman–Crippen MR) is 55.7 cm³/mol. The Hall–Kier alpha value is -0.640. The molecule has 1 atom stereocenters. The first-order chi connectivity index (χ1) is 6.20. The van der Waals surface area contributed by atoms with Gasteiger partial charge < -0.3 is 5.32 Å². The first-order valence-corrected chi connectivity index (χ1v) is 5.92. The molecule has 0 aliphatic heterocycles. The largest absolute Gasteiger partial charge is 0.353 e. The second kappa shape index (κ2) is 7.98. The molecule has 0 aromatic carbocycles. The molecule has 0 saturated heterocycles. The van der Waals surface area contributed by atoms with Crippen LogP contribution in [0.15, 0.2) is 11.5 Å². The average Bonchev–Trinajstić information content (AvgIpc) is 2.12. The fraction of sp³-hybridized carbons (Fsp3) is 0.667. The van der Waals surface area contributed by atoms with Gasteiger partial charge in [-0.25, -0.2) is 0 Å². The minimum Gasteiger partial charge on any atom is -0.353 e. The molecule has 0 spiro atoms. The quantitative estimate of drug-likeness (QED) is 0.659. The molecule has 0 rings (SSSR count). The highest BCUT2D eigenvalue weighted by Gasteiger charge is 1.94. The highest BCUT2D eigenvalue weighted by molar-refractivity contribution is 7.87. The molecule has 0 aromatic rings. The Morgan fingerprint density at radius 3 is 2.62 bits per heavy atom. The van der Waals surface area contributed by atoms with Gasteiger partial charge in [0.1, 0.15) is 0 Å². The van der Waals surface area contributed by atoms with Crippen LogP contribution in [0.3, 0.4) is 0 Å². The minimum atomic E-state index is -0.988. The van der Waals surface area contributed by atoms with Gasteiger partial charge in [-0.1, -0.05) is 13.8 Å². The molecule has 0 saturated carbocycles. The van der Waals surface area contributed by atoms with Crippen molar-refractivity contribution in [3.63, 3.8) is 0 Å². The van der Waals surface area contributed by atoms with Crippen molar-refractivity contribution in [2.75, 3.05) is 12.3 Å². The van der Waals surface area contributed by atoms with E-state index in [0.717, 1.165) is 12.8 Å². The van der Waals surface area contributed by atoms with Crippen LogP contribution >= 0.6 is 0 Å². The number of hydrogen-bond donors (Lipinski definition) is 1. The van der Waals surface area contributed by atoms with Crippen LogP contribution in [-0.4, -0.2) is 22.4 Å². The van der Waals surface area contributed by atoms with Crippen LogP contribution in [-0.2, 0) is 15.6 Å². The lowest BCUT2D eigenvalue weighted by Crippen LogP contribution is -2.21. The zero-order chi connectivity index (χ0) is 10.1. The first kappa shape index (κ1) is 12.4. The third kappa shape index (κ3) is 7.71. The van der Waals surface area contributed by atoms with Crippen molar-refractivity contribution >= 4 is 16.7 Å². The number of nitrogens with one attached hydrogen (secondary N) is 1. The second-order valence-corrected chi connectivity index (χ2v) is 4.12. The van der Waals surface area contributed by atoms with Gasteiger partial charge in [0.15, 0.2) is 0 Å². The maximum atomic E-state index is 11.1. The van der Waals surface area contributed by atoms with Gasteiger partial charge in [-0.3, -0.25) is 9.00 Å². The van der Waals surface area contributed by atoms with E-state index in [1.807, 2.05) is 13.8 Å². The molecule has 1 N–H and O–H groups in total. The Kier molecular flexibility index (Phi) is 7.59. The Labute approximate surface area is 82.1 Å². The van der Waals surface area contributed by atoms with Crippen molar-refractivity contribution in [1.82, 2.24) is 5.32 Å². The van der Waals surface area contributed by atoms with E-state index in [2.05, 4.69) is 5.32 Å². The van der Waals surface area contributed by atoms with Gasteiger partial charge >= 0.3 is 0 Å². The Bertz CT molecular complexity index is 202. The maximum Gasteiger partial charge on any atom is 0.244 e. The molecule has 76 valence electrons. The lowest BCUT2D eigenvalue weighted by atomic mass is 10.4. The van der Waals surface area contributed by atoms with E-state index in [4.69, 9.17) is 0 Å². The summed E-state index contributed by atoms with van der Waals surface area (Å²) in [5.74, 6) is 0.462. The summed E-state index contributed by atoms with van der Waals surface area (Å²) in [6.45, 7) is 4.62. The van der Waals surface area contributed by atoms with E-state index in [-0.39, 0.29) is 5.91 Å². The van der Waals surface area contributed by atoms with E-state index < -0.39 is 10.8 Å². The van der Waals surface area contributed by atoms with Crippen molar-refractivity contribution < 1.29 is 9.00 Å². The van der Waals surface area contributed by atoms with Gasteiger partial charge in [-0.2, -0.15) is 0 Å². The van der Waals surface area contributed by atoms with E-state index in [1.165, 1.54) is 11.5 Å². The molecule has 13 heavy (non-hydrogen) atoms. The summed E-state index contributed by atoms with van der Waals surface area (Å²) in [7, 11) is -0.988. The molecule has 1 unspecified atom stereocenters. The summed E-state index contributed by atoms with van der Waals surface area (Å²) >= 11 is 0. The summed E-state index contributed by atoms with van der Waals surface area (Å²) in [5.41, 5.74) is 0. The normalized spacial score (nSPS) is 13.1. The SMILES string of the molecule is CCCNC(=O)/C=C\S(=O)CCC. The number of carbonyl (C=O) groups excluding carboxylic acids is 1. The highest BCUT2D eigenvalue weighted by atomic mass is 32.2. The van der Waals surface area contributed by atoms with E-state index in [0.29, 0.717) is 12.3 Å². The number of rotatable bonds is 6. The summed E-state index contributed by atoms with van der Waals surface area (Å²) in [4.78, 5) is 11.0. The average molecular weight is 203 g/mol. The van der Waals surface area contributed by atoms with Crippen LogP contribution in [0.4, 0.5) is 0 Å². The zero-order valence-corrected chi connectivity index (χ0v) is 9.02. The van der Waals surface area contributed by atoms with Gasteiger partial charge in [0.2, 0.25) is 5.91 Å². The number of amides is 1. The van der Waals surface area contributed by atoms with E-state index in [9.17, 15) is 9.00 Å². The smallest absolute Gasteiger partial charge is 0.244 e. The van der Waals surface area contributed by atoms with Gasteiger partial charge in [0.05, 0.1) is 0 Å². The fourth-order valence-electron chi connectivity index (χ4n) is 0.714. The second-order valence-electron chi connectivity index (χ2n) is 2.68. The molecule has 0 aromatic heterocycles. The van der Waals surface area contributed by atoms with E-state index in [1.54, 1.807) is 0 Å². The van der Waals surface area contributed by atoms with Crippen LogP contribution in [0.5, 0.6) is 0 Å². The summed E-state index contributed by atoms with van der Waals surface area (Å²) in [5, 5.41) is 4.12. The molecule has 0 fully saturated rings. The van der Waals surface area contributed by atoms with Gasteiger partial charge in [0.25, 0.3) is 0 Å². The summed E-state index contributed by atoms with van der Waals surface area (Å²) in [6, 6.07) is 0. The Morgan fingerprint density at radius 2 is 2.08 bits per heavy atom. The molecule has 0 heterocycles. The minimum absolute atomic E-state index is 0.161. The standard InChI is InChI=1S/C9H17NO2S/c1-3-6-10-9(11)5-8-13(12)7-4-2/h5,8H,3-4,6-7H2,1-2H3,(H,10,11)/b8-5-. The first-order valence-electron chi connectivity index (χ1n) is 4.53. The lowest BCUT2D eigenvalue weighted by molar-refractivity contribution is -0.116. The van der Waals surface area contributed by atoms with Crippen LogP contribution in [0, 0.1) is 0 Å². The third-order valence-electron chi connectivity index (χ3n) is 1.33. The molecule has 1 amide bonds. The molecular weight excluding hydrogens is 186 g/mol. The Morgan fingerprint density at radius 1 is 1.38 bits per heavy atom. The molecule has 0 radical (unpaired) electrons. The van der Waals surface area contributed by atoms with Crippen molar-refractivity contribution in [2.24, 2.45) is 0 Å². The van der Waals surface area contributed by atoms with Crippen molar-refractivity contribution in [1.29, 1.82) is 0 Å². The van der Waals surface area contributed by atoms with Crippen molar-refractivity contribution in [3.05, 3.63) is 11.5 Å². The van der Waals surface area contributed by atoms with Gasteiger partial charge in [-0.05, 0) is 12.8 Å². The van der Waals surface area contributed by atoms with E-state index >= 15 is 0 Å². The molecule has 4 heteroatoms. The maximum absolute atomic E-state index is 11.1. The van der Waals surface area contributed by atoms with Crippen LogP contribution < -0.4 is 5.32 Å². The van der Waals surface area contributed by atoms with Crippen LogP contribution in [0.25, 0.3) is 0 Å². The monoisotopic (exact) mass is 203 g/mol. The lowest BCUT2D eigenvalue weighted by Gasteiger charge is -1.96. The fourth-order valence-corrected chi connectivity index (χ4v) is 1.53. The molecule has 0 bridgehead atoms. The molecule has 0 aliphatic carbocycles. The zero-order valence-electron chi connectivity index (χ0n) is 8.21. The van der Waals surface area contributed by atoms with Crippen LogP contribution in [0.1, 0.15) is 26.7 Å². The topological polar surface area (TPSA) is 46.2 Å². The molecule has 0 aliphatic rings. The van der Waals surface area contributed by atoms with Crippen molar-refractivity contribution in [2.45, 2.75) is 26.7 Å². The highest BCUT2D eigenvalue weighted by Crippen LogP contribution is 1.88. The molecular formula is C9H17NO2S. The molecule has 3 nitrogen and oxygen atoms in total. The van der Waals surface area contributed by atoms with Gasteiger partial charge in [-0.15, -0.1) is 0 Å². The van der Waals surface area contributed by atoms with Gasteiger partial charge in [0, 0.05) is 34.6 Å². The summed E-state index contributed by atoms with van der Waals surface area (Å²) in [6.07, 6.45) is 3.13. The third-order valence-corrected chi connectivity index (χ3v) is 2.58. The number of hydrogen-bond acceptors (Lipinski definition) is 2.